The van der Waals surface area contributed by atoms with E-state index in [0.29, 0.717) is 11.3 Å². The third kappa shape index (κ3) is 2.53. The van der Waals surface area contributed by atoms with Gasteiger partial charge in [0.1, 0.15) is 16.9 Å². The number of methoxy groups -OCH3 is 1. The smallest absolute Gasteiger partial charge is 0.311 e. The maximum Gasteiger partial charge on any atom is 0.311 e. The van der Waals surface area contributed by atoms with E-state index in [9.17, 15) is 9.90 Å². The Bertz CT molecular complexity index is 615. The molecule has 0 radical (unpaired) electrons. The topological polar surface area (TPSA) is 59.7 Å². The minimum atomic E-state index is -1.42. The molecule has 0 saturated heterocycles. The molecule has 2 unspecified atom stereocenters. The van der Waals surface area contributed by atoms with Gasteiger partial charge in [-0.3, -0.25) is 4.79 Å². The van der Waals surface area contributed by atoms with Crippen molar-refractivity contribution < 1.29 is 19.1 Å². The Morgan fingerprint density at radius 3 is 2.79 bits per heavy atom. The summed E-state index contributed by atoms with van der Waals surface area (Å²) in [5, 5.41) is 11.4. The van der Waals surface area contributed by atoms with Gasteiger partial charge >= 0.3 is 5.97 Å². The van der Waals surface area contributed by atoms with E-state index in [4.69, 9.17) is 4.42 Å². The van der Waals surface area contributed by atoms with Crippen molar-refractivity contribution in [2.45, 2.75) is 19.4 Å². The van der Waals surface area contributed by atoms with E-state index in [1.807, 2.05) is 18.2 Å². The first kappa shape index (κ1) is 14.1. The molecule has 1 N–H and O–H groups in total. The fraction of sp³-hybridized carbons (Fsp3) is 0.357. The van der Waals surface area contributed by atoms with Crippen molar-refractivity contribution in [2.75, 3.05) is 7.11 Å². The number of rotatable bonds is 3. The van der Waals surface area contributed by atoms with Crippen molar-refractivity contribution in [3.8, 4) is 0 Å². The molecule has 4 nitrogen and oxygen atoms in total. The van der Waals surface area contributed by atoms with E-state index < -0.39 is 17.5 Å². The van der Waals surface area contributed by atoms with Crippen molar-refractivity contribution >= 4 is 32.9 Å². The lowest BCUT2D eigenvalue weighted by Crippen LogP contribution is -2.35. The van der Waals surface area contributed by atoms with Crippen LogP contribution in [0, 0.1) is 5.92 Å². The number of aliphatic hydroxyl groups is 1. The van der Waals surface area contributed by atoms with Gasteiger partial charge in [0.25, 0.3) is 0 Å². The molecule has 0 aliphatic rings. The monoisotopic (exact) mass is 326 g/mol. The van der Waals surface area contributed by atoms with Crippen LogP contribution in [0.3, 0.4) is 0 Å². The van der Waals surface area contributed by atoms with Gasteiger partial charge in [0.2, 0.25) is 0 Å². The van der Waals surface area contributed by atoms with Gasteiger partial charge < -0.3 is 14.3 Å². The Morgan fingerprint density at radius 2 is 2.16 bits per heavy atom. The van der Waals surface area contributed by atoms with Crippen LogP contribution >= 0.6 is 15.9 Å². The number of hydrogen-bond acceptors (Lipinski definition) is 4. The molecule has 0 aliphatic heterocycles. The highest BCUT2D eigenvalue weighted by Gasteiger charge is 2.39. The molecule has 1 aromatic carbocycles. The van der Waals surface area contributed by atoms with Crippen LogP contribution in [0.15, 0.2) is 33.2 Å². The van der Waals surface area contributed by atoms with Crippen LogP contribution in [0.1, 0.15) is 19.6 Å². The Labute approximate surface area is 119 Å². The predicted octanol–water partition coefficient (Wildman–Crippen LogP) is 3.21. The van der Waals surface area contributed by atoms with Crippen LogP contribution in [0.4, 0.5) is 0 Å². The number of benzene rings is 1. The molecule has 0 bridgehead atoms. The SMILES string of the molecule is COC(=O)C(C)C(C)(O)c1cc2cc(Br)ccc2o1. The molecular formula is C14H15BrO4. The fourth-order valence-electron chi connectivity index (χ4n) is 1.88. The normalized spacial score (nSPS) is 16.1. The molecule has 2 atom stereocenters. The van der Waals surface area contributed by atoms with E-state index in [-0.39, 0.29) is 0 Å². The molecule has 2 aromatic rings. The van der Waals surface area contributed by atoms with Gasteiger partial charge in [-0.15, -0.1) is 0 Å². The van der Waals surface area contributed by atoms with Crippen LogP contribution in [0.2, 0.25) is 0 Å². The second-order valence-corrected chi connectivity index (χ2v) is 5.60. The molecule has 0 saturated carbocycles. The first-order valence-electron chi connectivity index (χ1n) is 5.86. The second-order valence-electron chi connectivity index (χ2n) is 4.69. The lowest BCUT2D eigenvalue weighted by Gasteiger charge is -2.25. The zero-order valence-electron chi connectivity index (χ0n) is 10.9. The van der Waals surface area contributed by atoms with E-state index in [1.54, 1.807) is 19.9 Å². The molecule has 0 fully saturated rings. The Balaban J connectivity index is 2.45. The number of carbonyl (C=O) groups is 1. The summed E-state index contributed by atoms with van der Waals surface area (Å²) in [5.74, 6) is -0.855. The molecule has 0 amide bonds. The summed E-state index contributed by atoms with van der Waals surface area (Å²) in [7, 11) is 1.30. The predicted molar refractivity (Wildman–Crippen MR) is 74.7 cm³/mol. The molecule has 1 heterocycles. The third-order valence-electron chi connectivity index (χ3n) is 3.38. The van der Waals surface area contributed by atoms with Crippen LogP contribution in [-0.4, -0.2) is 18.2 Å². The van der Waals surface area contributed by atoms with Crippen molar-refractivity contribution in [2.24, 2.45) is 5.92 Å². The average Bonchev–Trinajstić information content (AvgIpc) is 2.80. The molecule has 1 aromatic heterocycles. The van der Waals surface area contributed by atoms with Gasteiger partial charge in [-0.05, 0) is 38.1 Å². The highest BCUT2D eigenvalue weighted by Crippen LogP contribution is 2.34. The molecule has 0 spiro atoms. The van der Waals surface area contributed by atoms with Gasteiger partial charge in [-0.1, -0.05) is 15.9 Å². The third-order valence-corrected chi connectivity index (χ3v) is 3.87. The first-order valence-corrected chi connectivity index (χ1v) is 6.65. The van der Waals surface area contributed by atoms with Gasteiger partial charge in [-0.2, -0.15) is 0 Å². The van der Waals surface area contributed by atoms with Crippen LogP contribution in [0.25, 0.3) is 11.0 Å². The largest absolute Gasteiger partial charge is 0.469 e. The number of esters is 1. The lowest BCUT2D eigenvalue weighted by molar-refractivity contribution is -0.155. The van der Waals surface area contributed by atoms with E-state index in [2.05, 4.69) is 20.7 Å². The van der Waals surface area contributed by atoms with Gasteiger partial charge in [0, 0.05) is 9.86 Å². The maximum absolute atomic E-state index is 11.6. The number of ether oxygens (including phenoxy) is 1. The Kier molecular flexibility index (Phi) is 3.69. The van der Waals surface area contributed by atoms with Gasteiger partial charge in [0.15, 0.2) is 0 Å². The van der Waals surface area contributed by atoms with E-state index in [1.165, 1.54) is 7.11 Å². The van der Waals surface area contributed by atoms with E-state index >= 15 is 0 Å². The summed E-state index contributed by atoms with van der Waals surface area (Å²) < 4.78 is 11.2. The zero-order valence-corrected chi connectivity index (χ0v) is 12.5. The second kappa shape index (κ2) is 4.98. The number of halogens is 1. The molecule has 2 rings (SSSR count). The number of furan rings is 1. The van der Waals surface area contributed by atoms with Crippen molar-refractivity contribution in [1.82, 2.24) is 0 Å². The number of fused-ring (bicyclic) bond motifs is 1. The van der Waals surface area contributed by atoms with Crippen LogP contribution in [0.5, 0.6) is 0 Å². The summed E-state index contributed by atoms with van der Waals surface area (Å²) >= 11 is 3.38. The Morgan fingerprint density at radius 1 is 1.47 bits per heavy atom. The highest BCUT2D eigenvalue weighted by atomic mass is 79.9. The summed E-state index contributed by atoms with van der Waals surface area (Å²) in [4.78, 5) is 11.6. The first-order chi connectivity index (χ1) is 8.86. The highest BCUT2D eigenvalue weighted by molar-refractivity contribution is 9.10. The minimum absolute atomic E-state index is 0.346. The van der Waals surface area contributed by atoms with E-state index in [0.717, 1.165) is 9.86 Å². The minimum Gasteiger partial charge on any atom is -0.469 e. The molecule has 19 heavy (non-hydrogen) atoms. The quantitative estimate of drug-likeness (QED) is 0.880. The molecule has 0 aliphatic carbocycles. The lowest BCUT2D eigenvalue weighted by atomic mass is 9.88. The molecule has 102 valence electrons. The summed E-state index contributed by atoms with van der Waals surface area (Å²) in [5.41, 5.74) is -0.756. The standard InChI is InChI=1S/C14H15BrO4/c1-8(13(16)18-3)14(2,17)12-7-9-6-10(15)4-5-11(9)19-12/h4-8,17H,1-3H3. The summed E-state index contributed by atoms with van der Waals surface area (Å²) in [6.45, 7) is 3.15. The zero-order chi connectivity index (χ0) is 14.2. The number of carbonyl (C=O) groups excluding carboxylic acids is 1. The van der Waals surface area contributed by atoms with Crippen molar-refractivity contribution in [1.29, 1.82) is 0 Å². The van der Waals surface area contributed by atoms with Gasteiger partial charge in [0.05, 0.1) is 13.0 Å². The Hall–Kier alpha value is -1.33. The average molecular weight is 327 g/mol. The van der Waals surface area contributed by atoms with Crippen molar-refractivity contribution in [3.63, 3.8) is 0 Å². The van der Waals surface area contributed by atoms with Gasteiger partial charge in [-0.25, -0.2) is 0 Å². The van der Waals surface area contributed by atoms with Crippen LogP contribution < -0.4 is 0 Å². The summed E-state index contributed by atoms with van der Waals surface area (Å²) in [6, 6.07) is 7.29. The number of hydrogen-bond donors (Lipinski definition) is 1. The van der Waals surface area contributed by atoms with Crippen molar-refractivity contribution in [3.05, 3.63) is 34.5 Å². The maximum atomic E-state index is 11.6. The fourth-order valence-corrected chi connectivity index (χ4v) is 2.26. The molecular weight excluding hydrogens is 312 g/mol. The molecule has 5 heteroatoms. The summed E-state index contributed by atoms with van der Waals surface area (Å²) in [6.07, 6.45) is 0. The van der Waals surface area contributed by atoms with Crippen LogP contribution in [-0.2, 0) is 15.1 Å².